The van der Waals surface area contributed by atoms with Crippen LogP contribution in [0.3, 0.4) is 0 Å². The predicted molar refractivity (Wildman–Crippen MR) is 111 cm³/mol. The Balaban J connectivity index is 1.68. The van der Waals surface area contributed by atoms with Crippen LogP contribution >= 0.6 is 11.6 Å². The summed E-state index contributed by atoms with van der Waals surface area (Å²) in [6.07, 6.45) is 1.71. The number of carbonyl (C=O) groups excluding carboxylic acids is 1. The number of hydrogen-bond donors (Lipinski definition) is 3. The summed E-state index contributed by atoms with van der Waals surface area (Å²) in [7, 11) is 0. The molecule has 0 aliphatic carbocycles. The monoisotopic (exact) mass is 402 g/mol. The molecule has 8 nitrogen and oxygen atoms in total. The third-order valence-corrected chi connectivity index (χ3v) is 4.67. The van der Waals surface area contributed by atoms with Crippen LogP contribution in [0, 0.1) is 6.92 Å². The fourth-order valence-electron chi connectivity index (χ4n) is 2.74. The Kier molecular flexibility index (Phi) is 5.42. The quantitative estimate of drug-likeness (QED) is 0.607. The summed E-state index contributed by atoms with van der Waals surface area (Å²) < 4.78 is 1.71. The molecule has 0 fully saturated rings. The van der Waals surface area contributed by atoms with Gasteiger partial charge in [-0.15, -0.1) is 0 Å². The van der Waals surface area contributed by atoms with Crippen LogP contribution in [-0.2, 0) is 10.3 Å². The molecule has 1 amide bonds. The van der Waals surface area contributed by atoms with E-state index in [-0.39, 0.29) is 23.4 Å². The molecule has 0 atom stereocenters. The van der Waals surface area contributed by atoms with E-state index in [1.54, 1.807) is 22.9 Å². The summed E-state index contributed by atoms with van der Waals surface area (Å²) in [4.78, 5) is 31.6. The summed E-state index contributed by atoms with van der Waals surface area (Å²) in [6, 6.07) is 5.35. The molecule has 3 rings (SSSR count). The Bertz CT molecular complexity index is 1080. The Morgan fingerprint density at radius 2 is 2.07 bits per heavy atom. The zero-order valence-corrected chi connectivity index (χ0v) is 17.0. The second-order valence-corrected chi connectivity index (χ2v) is 7.92. The number of carbonyl (C=O) groups is 1. The lowest BCUT2D eigenvalue weighted by atomic mass is 10.1. The van der Waals surface area contributed by atoms with Gasteiger partial charge in [0.15, 0.2) is 5.65 Å². The average Bonchev–Trinajstić information content (AvgIpc) is 3.04. The highest BCUT2D eigenvalue weighted by Gasteiger charge is 2.19. The van der Waals surface area contributed by atoms with Gasteiger partial charge in [-0.1, -0.05) is 17.7 Å². The van der Waals surface area contributed by atoms with Gasteiger partial charge in [0.25, 0.3) is 5.56 Å². The fraction of sp³-hybridized carbons (Fsp3) is 0.368. The second-order valence-electron chi connectivity index (χ2n) is 7.52. The molecule has 9 heteroatoms. The molecule has 0 aliphatic rings. The zero-order chi connectivity index (χ0) is 20.5. The van der Waals surface area contributed by atoms with Crippen molar-refractivity contribution in [2.75, 3.05) is 17.2 Å². The molecule has 0 bridgehead atoms. The molecular weight excluding hydrogens is 380 g/mol. The first-order valence-corrected chi connectivity index (χ1v) is 9.32. The van der Waals surface area contributed by atoms with Crippen LogP contribution in [-0.4, -0.2) is 32.2 Å². The number of anilines is 2. The van der Waals surface area contributed by atoms with Crippen molar-refractivity contribution in [2.24, 2.45) is 0 Å². The van der Waals surface area contributed by atoms with E-state index in [4.69, 9.17) is 11.6 Å². The molecular formula is C19H23ClN6O2. The van der Waals surface area contributed by atoms with Gasteiger partial charge >= 0.3 is 0 Å². The van der Waals surface area contributed by atoms with Crippen LogP contribution in [0.15, 0.2) is 29.2 Å². The summed E-state index contributed by atoms with van der Waals surface area (Å²) in [5, 5.41) is 11.1. The van der Waals surface area contributed by atoms with Crippen molar-refractivity contribution in [2.45, 2.75) is 39.7 Å². The molecule has 0 spiro atoms. The van der Waals surface area contributed by atoms with Crippen LogP contribution in [0.5, 0.6) is 0 Å². The van der Waals surface area contributed by atoms with E-state index in [0.29, 0.717) is 34.2 Å². The van der Waals surface area contributed by atoms with Gasteiger partial charge in [-0.25, -0.2) is 4.68 Å². The van der Waals surface area contributed by atoms with Crippen LogP contribution < -0.4 is 16.2 Å². The van der Waals surface area contributed by atoms with Crippen molar-refractivity contribution >= 4 is 40.2 Å². The van der Waals surface area contributed by atoms with Gasteiger partial charge in [0.05, 0.1) is 11.7 Å². The van der Waals surface area contributed by atoms with Crippen molar-refractivity contribution < 1.29 is 4.79 Å². The molecule has 0 unspecified atom stereocenters. The number of halogens is 1. The predicted octanol–water partition coefficient (Wildman–Crippen LogP) is 3.28. The van der Waals surface area contributed by atoms with E-state index in [0.717, 1.165) is 5.56 Å². The number of H-pyrrole nitrogens is 1. The molecule has 0 saturated heterocycles. The van der Waals surface area contributed by atoms with E-state index in [1.165, 1.54) is 6.20 Å². The number of amides is 1. The van der Waals surface area contributed by atoms with Gasteiger partial charge in [0.1, 0.15) is 5.39 Å². The van der Waals surface area contributed by atoms with Crippen molar-refractivity contribution in [3.8, 4) is 0 Å². The Labute approximate surface area is 167 Å². The summed E-state index contributed by atoms with van der Waals surface area (Å²) in [6.45, 7) is 8.11. The fourth-order valence-corrected chi connectivity index (χ4v) is 2.92. The van der Waals surface area contributed by atoms with Gasteiger partial charge in [-0.05, 0) is 45.4 Å². The summed E-state index contributed by atoms with van der Waals surface area (Å²) in [5.74, 6) is 0.135. The largest absolute Gasteiger partial charge is 0.355 e. The van der Waals surface area contributed by atoms with E-state index < -0.39 is 0 Å². The number of fused-ring (bicyclic) bond motifs is 1. The Hall–Kier alpha value is -2.87. The summed E-state index contributed by atoms with van der Waals surface area (Å²) in [5.41, 5.74) is 1.41. The molecule has 1 aromatic carbocycles. The highest BCUT2D eigenvalue weighted by atomic mass is 35.5. The minimum Gasteiger partial charge on any atom is -0.355 e. The molecule has 2 aromatic heterocycles. The smallest absolute Gasteiger partial charge is 0.263 e. The molecule has 0 aliphatic heterocycles. The maximum absolute atomic E-state index is 12.3. The van der Waals surface area contributed by atoms with Crippen molar-refractivity contribution in [1.29, 1.82) is 0 Å². The highest BCUT2D eigenvalue weighted by molar-refractivity contribution is 6.31. The van der Waals surface area contributed by atoms with Gasteiger partial charge in [-0.2, -0.15) is 10.1 Å². The van der Waals surface area contributed by atoms with Gasteiger partial charge in [-0.3, -0.25) is 14.6 Å². The Morgan fingerprint density at radius 1 is 1.32 bits per heavy atom. The van der Waals surface area contributed by atoms with Crippen molar-refractivity contribution in [3.05, 3.63) is 45.3 Å². The molecule has 3 N–H and O–H groups in total. The van der Waals surface area contributed by atoms with Crippen LogP contribution in [0.1, 0.15) is 32.8 Å². The average molecular weight is 403 g/mol. The number of nitrogens with one attached hydrogen (secondary N) is 3. The third kappa shape index (κ3) is 4.17. The third-order valence-electron chi connectivity index (χ3n) is 4.26. The number of nitrogens with zero attached hydrogens (tertiary/aromatic N) is 3. The first kappa shape index (κ1) is 19.9. The lowest BCUT2D eigenvalue weighted by Crippen LogP contribution is -2.24. The lowest BCUT2D eigenvalue weighted by Gasteiger charge is -2.19. The SMILES string of the molecule is Cc1c(Cl)cccc1NC(=O)CCNc1nc2c(cnn2C(C)(C)C)c(=O)[nH]1. The van der Waals surface area contributed by atoms with Gasteiger partial charge in [0, 0.05) is 23.7 Å². The van der Waals surface area contributed by atoms with E-state index in [1.807, 2.05) is 27.7 Å². The summed E-state index contributed by atoms with van der Waals surface area (Å²) >= 11 is 6.07. The van der Waals surface area contributed by atoms with Gasteiger partial charge < -0.3 is 10.6 Å². The van der Waals surface area contributed by atoms with E-state index >= 15 is 0 Å². The van der Waals surface area contributed by atoms with E-state index in [9.17, 15) is 9.59 Å². The van der Waals surface area contributed by atoms with Gasteiger partial charge in [0.2, 0.25) is 11.9 Å². The number of hydrogen-bond acceptors (Lipinski definition) is 5. The molecule has 3 aromatic rings. The first-order valence-electron chi connectivity index (χ1n) is 8.94. The topological polar surface area (TPSA) is 105 Å². The maximum atomic E-state index is 12.3. The molecule has 0 radical (unpaired) electrons. The highest BCUT2D eigenvalue weighted by Crippen LogP contribution is 2.23. The zero-order valence-electron chi connectivity index (χ0n) is 16.3. The van der Waals surface area contributed by atoms with Crippen LogP contribution in [0.25, 0.3) is 11.0 Å². The standard InChI is InChI=1S/C19H23ClN6O2/c1-11-13(20)6-5-7-14(11)23-15(27)8-9-21-18-24-16-12(17(28)25-18)10-22-26(16)19(2,3)4/h5-7,10H,8-9H2,1-4H3,(H,23,27)(H2,21,24,25,28). The minimum atomic E-state index is -0.311. The molecule has 2 heterocycles. The number of aromatic nitrogens is 4. The Morgan fingerprint density at radius 3 is 2.79 bits per heavy atom. The number of benzene rings is 1. The lowest BCUT2D eigenvalue weighted by molar-refractivity contribution is -0.115. The maximum Gasteiger partial charge on any atom is 0.263 e. The van der Waals surface area contributed by atoms with Crippen molar-refractivity contribution in [3.63, 3.8) is 0 Å². The molecule has 28 heavy (non-hydrogen) atoms. The number of rotatable bonds is 5. The number of aromatic amines is 1. The molecule has 148 valence electrons. The van der Waals surface area contributed by atoms with E-state index in [2.05, 4.69) is 25.7 Å². The molecule has 0 saturated carbocycles. The second kappa shape index (κ2) is 7.63. The van der Waals surface area contributed by atoms with Crippen molar-refractivity contribution in [1.82, 2.24) is 19.7 Å². The van der Waals surface area contributed by atoms with Crippen LogP contribution in [0.4, 0.5) is 11.6 Å². The minimum absolute atomic E-state index is 0.166. The van der Waals surface area contributed by atoms with Crippen LogP contribution in [0.2, 0.25) is 5.02 Å². The normalized spacial score (nSPS) is 11.6. The first-order chi connectivity index (χ1) is 13.2.